The van der Waals surface area contributed by atoms with E-state index in [-0.39, 0.29) is 110 Å². The first kappa shape index (κ1) is 93.2. The quantitative estimate of drug-likeness (QED) is 0.435. The second-order valence-corrected chi connectivity index (χ2v) is 0. The van der Waals surface area contributed by atoms with Crippen molar-refractivity contribution in [3.8, 4) is 0 Å². The molecule has 0 aliphatic heterocycles. The summed E-state index contributed by atoms with van der Waals surface area (Å²) in [6.45, 7) is 0. The molecular formula is MoNi3P4. The molecule has 0 nitrogen and oxygen atoms in total. The minimum absolute atomic E-state index is 0. The Kier molecular flexibility index (Phi) is 820. The van der Waals surface area contributed by atoms with E-state index < -0.39 is 0 Å². The maximum Gasteiger partial charge on any atom is 6.00 e. The van der Waals surface area contributed by atoms with Crippen LogP contribution in [-0.2, 0) is 70.5 Å². The van der Waals surface area contributed by atoms with Crippen LogP contribution in [0, 0.1) is 0 Å². The first-order valence-electron chi connectivity index (χ1n) is 0. The van der Waals surface area contributed by atoms with Crippen molar-refractivity contribution in [2.24, 2.45) is 0 Å². The maximum absolute atomic E-state index is 0. The molecular weight excluding hydrogens is 396 g/mol. The third-order valence-electron chi connectivity index (χ3n) is 0. The average molecular weight is 396 g/mol. The summed E-state index contributed by atoms with van der Waals surface area (Å²) in [7, 11) is 0. The summed E-state index contributed by atoms with van der Waals surface area (Å²) in [6, 6.07) is 0. The van der Waals surface area contributed by atoms with Gasteiger partial charge < -0.3 is 39.6 Å². The first-order chi connectivity index (χ1) is 0. The fraction of sp³-hybridized carbons (Fsp3) is 0. The Morgan fingerprint density at radius 3 is 0.375 bits per heavy atom. The summed E-state index contributed by atoms with van der Waals surface area (Å²) in [5.74, 6) is 0. The van der Waals surface area contributed by atoms with Gasteiger partial charge in [0.25, 0.3) is 0 Å². The number of rotatable bonds is 0. The predicted octanol–water partition coefficient (Wildman–Crippen LogP) is 3.43. The van der Waals surface area contributed by atoms with Gasteiger partial charge in [-0.15, -0.1) is 0 Å². The summed E-state index contributed by atoms with van der Waals surface area (Å²) in [4.78, 5) is 0. The summed E-state index contributed by atoms with van der Waals surface area (Å²) in [6.07, 6.45) is 0. The average Bonchev–Trinajstić information content (AvgIpc) is 0. The van der Waals surface area contributed by atoms with Gasteiger partial charge in [0.05, 0.1) is 0 Å². The van der Waals surface area contributed by atoms with Crippen LogP contribution in [0.25, 0.3) is 0 Å². The van der Waals surface area contributed by atoms with Crippen LogP contribution in [0.1, 0.15) is 0 Å². The maximum atomic E-state index is 0. The van der Waals surface area contributed by atoms with E-state index in [1.165, 1.54) is 0 Å². The molecule has 0 saturated carbocycles. The van der Waals surface area contributed by atoms with Gasteiger partial charge in [-0.1, -0.05) is 0 Å². The van der Waals surface area contributed by atoms with Crippen LogP contribution in [0.15, 0.2) is 0 Å². The summed E-state index contributed by atoms with van der Waals surface area (Å²) >= 11 is 0. The van der Waals surface area contributed by atoms with Gasteiger partial charge in [-0.2, -0.15) is 0 Å². The molecule has 0 fully saturated rings. The number of hydrogen-bond donors (Lipinski definition) is 0. The molecule has 0 spiro atoms. The van der Waals surface area contributed by atoms with E-state index in [1.807, 2.05) is 0 Å². The molecule has 0 rings (SSSR count). The normalized spacial score (nSPS) is 0. The topological polar surface area (TPSA) is 0 Å². The van der Waals surface area contributed by atoms with E-state index in [0.717, 1.165) is 0 Å². The van der Waals surface area contributed by atoms with Crippen molar-refractivity contribution in [2.45, 2.75) is 0 Å². The van der Waals surface area contributed by atoms with Gasteiger partial charge in [-0.25, -0.2) is 0 Å². The molecule has 0 atom stereocenters. The van der Waals surface area contributed by atoms with Crippen LogP contribution in [0.3, 0.4) is 0 Å². The van der Waals surface area contributed by atoms with E-state index in [2.05, 4.69) is 0 Å². The molecule has 56 valence electrons. The second kappa shape index (κ2) is 70.4. The van der Waals surface area contributed by atoms with Gasteiger partial charge in [-0.3, -0.25) is 0 Å². The molecule has 0 N–H and O–H groups in total. The third kappa shape index (κ3) is 51.7. The Labute approximate surface area is 109 Å². The molecule has 0 aromatic carbocycles. The van der Waals surface area contributed by atoms with Crippen LogP contribution in [0.4, 0.5) is 0 Å². The molecule has 0 radical (unpaired) electrons. The largest absolute Gasteiger partial charge is 6.00 e. The number of hydrogen-bond acceptors (Lipinski definition) is 0. The Balaban J connectivity index is 0. The first-order valence-corrected chi connectivity index (χ1v) is 0. The van der Waals surface area contributed by atoms with Crippen LogP contribution >= 0.6 is 39.6 Å². The van der Waals surface area contributed by atoms with Crippen molar-refractivity contribution >= 4 is 39.6 Å². The van der Waals surface area contributed by atoms with Crippen LogP contribution in [0.5, 0.6) is 0 Å². The smallest absolute Gasteiger partial charge is 3.00 e. The second-order valence-electron chi connectivity index (χ2n) is 0. The fourth-order valence-corrected chi connectivity index (χ4v) is 0. The Morgan fingerprint density at radius 2 is 0.375 bits per heavy atom. The molecule has 8 heteroatoms. The molecule has 0 heterocycles. The zero-order valence-corrected chi connectivity index (χ0v) is 11.7. The minimum atomic E-state index is 0. The Hall–Kier alpha value is 3.89. The van der Waals surface area contributed by atoms with E-state index in [0.29, 0.717) is 0 Å². The van der Waals surface area contributed by atoms with Crippen molar-refractivity contribution in [3.05, 3.63) is 0 Å². The van der Waals surface area contributed by atoms with Gasteiger partial charge in [0.1, 0.15) is 0 Å². The van der Waals surface area contributed by atoms with Crippen molar-refractivity contribution in [3.63, 3.8) is 0 Å². The Bertz CT molecular complexity index is 11.2. The molecule has 0 amide bonds. The van der Waals surface area contributed by atoms with E-state index in [1.54, 1.807) is 0 Å². The summed E-state index contributed by atoms with van der Waals surface area (Å²) in [5, 5.41) is 0. The van der Waals surface area contributed by atoms with E-state index >= 15 is 0 Å². The Morgan fingerprint density at radius 1 is 0.375 bits per heavy atom. The molecule has 0 aliphatic rings. The van der Waals surface area contributed by atoms with E-state index in [9.17, 15) is 0 Å². The summed E-state index contributed by atoms with van der Waals surface area (Å²) in [5.41, 5.74) is 0. The monoisotopic (exact) mass is 396 g/mol. The van der Waals surface area contributed by atoms with Crippen molar-refractivity contribution in [1.82, 2.24) is 0 Å². The van der Waals surface area contributed by atoms with Gasteiger partial charge >= 0.3 is 70.5 Å². The standard InChI is InChI=1S/Mo.3Ni.4P/q+6;3*+2;4*-3. The third-order valence-corrected chi connectivity index (χ3v) is 0. The zero-order valence-electron chi connectivity index (χ0n) is 3.15. The van der Waals surface area contributed by atoms with Crippen molar-refractivity contribution < 1.29 is 70.5 Å². The molecule has 0 saturated heterocycles. The van der Waals surface area contributed by atoms with Crippen LogP contribution in [-0.4, -0.2) is 0 Å². The zero-order chi connectivity index (χ0) is 0. The predicted molar refractivity (Wildman–Crippen MR) is 27.7 cm³/mol. The fourth-order valence-electron chi connectivity index (χ4n) is 0. The molecule has 0 aromatic heterocycles. The molecule has 0 aliphatic carbocycles. The molecule has 0 aromatic rings. The SMILES string of the molecule is [Mo+6].[Ni+2].[Ni+2].[Ni+2].[P-3].[P-3].[P-3].[P-3]. The van der Waals surface area contributed by atoms with E-state index in [4.69, 9.17) is 0 Å². The summed E-state index contributed by atoms with van der Waals surface area (Å²) < 4.78 is 0. The molecule has 0 unspecified atom stereocenters. The van der Waals surface area contributed by atoms with Crippen molar-refractivity contribution in [2.75, 3.05) is 0 Å². The van der Waals surface area contributed by atoms with Crippen LogP contribution < -0.4 is 0 Å². The van der Waals surface area contributed by atoms with Gasteiger partial charge in [0.2, 0.25) is 0 Å². The molecule has 0 bridgehead atoms. The minimum Gasteiger partial charge on any atom is -3.00 e. The van der Waals surface area contributed by atoms with Gasteiger partial charge in [0.15, 0.2) is 0 Å². The van der Waals surface area contributed by atoms with Gasteiger partial charge in [0, 0.05) is 0 Å². The van der Waals surface area contributed by atoms with Crippen molar-refractivity contribution in [1.29, 1.82) is 0 Å². The molecule has 8 heavy (non-hydrogen) atoms. The van der Waals surface area contributed by atoms with Crippen LogP contribution in [0.2, 0.25) is 0 Å². The van der Waals surface area contributed by atoms with Gasteiger partial charge in [-0.05, 0) is 0 Å².